The third-order valence-corrected chi connectivity index (χ3v) is 4.71. The molecular weight excluding hydrogens is 314 g/mol. The molecule has 1 saturated heterocycles. The van der Waals surface area contributed by atoms with Crippen LogP contribution in [0.5, 0.6) is 0 Å². The standard InChI is InChI=1S/C14H17N7OS/c1-20(9-2-4-22-5-3-9)14-18-12(15)11-13(19-14)21(7-16-11)10-6-23-8-17-10/h6-9H,2-5H2,1H3,(H2,15,18,19). The van der Waals surface area contributed by atoms with Crippen LogP contribution in [0.4, 0.5) is 11.8 Å². The molecule has 4 rings (SSSR count). The number of aromatic nitrogens is 5. The summed E-state index contributed by atoms with van der Waals surface area (Å²) in [5.41, 5.74) is 9.15. The average Bonchev–Trinajstić information content (AvgIpc) is 3.24. The highest BCUT2D eigenvalue weighted by molar-refractivity contribution is 7.07. The van der Waals surface area contributed by atoms with Crippen LogP contribution in [0.25, 0.3) is 17.0 Å². The number of ether oxygens (including phenoxy) is 1. The third kappa shape index (κ3) is 2.51. The van der Waals surface area contributed by atoms with E-state index in [2.05, 4.69) is 24.8 Å². The summed E-state index contributed by atoms with van der Waals surface area (Å²) >= 11 is 1.53. The summed E-state index contributed by atoms with van der Waals surface area (Å²) in [4.78, 5) is 19.8. The highest BCUT2D eigenvalue weighted by Crippen LogP contribution is 2.25. The van der Waals surface area contributed by atoms with Gasteiger partial charge in [0.2, 0.25) is 5.95 Å². The van der Waals surface area contributed by atoms with Crippen LogP contribution >= 0.6 is 11.3 Å². The smallest absolute Gasteiger partial charge is 0.229 e. The number of fused-ring (bicyclic) bond motifs is 1. The van der Waals surface area contributed by atoms with Crippen LogP contribution in [0.1, 0.15) is 12.8 Å². The van der Waals surface area contributed by atoms with Gasteiger partial charge in [0.25, 0.3) is 0 Å². The molecule has 120 valence electrons. The largest absolute Gasteiger partial charge is 0.382 e. The van der Waals surface area contributed by atoms with E-state index in [9.17, 15) is 0 Å². The summed E-state index contributed by atoms with van der Waals surface area (Å²) < 4.78 is 7.26. The van der Waals surface area contributed by atoms with E-state index in [1.807, 2.05) is 17.0 Å². The number of nitrogens with two attached hydrogens (primary N) is 1. The van der Waals surface area contributed by atoms with Crippen LogP contribution in [-0.2, 0) is 4.74 Å². The second kappa shape index (κ2) is 5.74. The molecule has 4 heterocycles. The quantitative estimate of drug-likeness (QED) is 0.776. The maximum atomic E-state index is 6.09. The van der Waals surface area contributed by atoms with Crippen LogP contribution in [0.15, 0.2) is 17.2 Å². The van der Waals surface area contributed by atoms with Gasteiger partial charge in [0.05, 0.1) is 5.51 Å². The Labute approximate surface area is 137 Å². The molecule has 1 aliphatic heterocycles. The molecular formula is C14H17N7OS. The van der Waals surface area contributed by atoms with Crippen molar-refractivity contribution in [1.82, 2.24) is 24.5 Å². The van der Waals surface area contributed by atoms with Crippen molar-refractivity contribution in [2.75, 3.05) is 30.9 Å². The van der Waals surface area contributed by atoms with Gasteiger partial charge in [-0.3, -0.25) is 4.57 Å². The molecule has 0 spiro atoms. The van der Waals surface area contributed by atoms with E-state index in [1.165, 1.54) is 11.3 Å². The lowest BCUT2D eigenvalue weighted by molar-refractivity contribution is 0.0852. The van der Waals surface area contributed by atoms with Crippen molar-refractivity contribution in [3.05, 3.63) is 17.2 Å². The first kappa shape index (κ1) is 14.3. The Balaban J connectivity index is 1.77. The zero-order valence-electron chi connectivity index (χ0n) is 12.7. The Hall–Kier alpha value is -2.26. The molecule has 0 amide bonds. The number of hydrogen-bond donors (Lipinski definition) is 1. The normalized spacial score (nSPS) is 16.0. The maximum absolute atomic E-state index is 6.09. The van der Waals surface area contributed by atoms with E-state index < -0.39 is 0 Å². The fourth-order valence-corrected chi connectivity index (χ4v) is 3.32. The fraction of sp³-hybridized carbons (Fsp3) is 0.429. The Morgan fingerprint density at radius 3 is 2.87 bits per heavy atom. The number of thiazole rings is 1. The highest BCUT2D eigenvalue weighted by atomic mass is 32.1. The predicted molar refractivity (Wildman–Crippen MR) is 89.0 cm³/mol. The second-order valence-corrected chi connectivity index (χ2v) is 6.22. The summed E-state index contributed by atoms with van der Waals surface area (Å²) in [6, 6.07) is 0.358. The molecule has 3 aromatic rings. The summed E-state index contributed by atoms with van der Waals surface area (Å²) in [7, 11) is 2.00. The van der Waals surface area contributed by atoms with Crippen LogP contribution < -0.4 is 10.6 Å². The molecule has 1 aliphatic rings. The monoisotopic (exact) mass is 331 g/mol. The first-order valence-electron chi connectivity index (χ1n) is 7.44. The van der Waals surface area contributed by atoms with Gasteiger partial charge in [-0.2, -0.15) is 9.97 Å². The third-order valence-electron chi connectivity index (χ3n) is 4.13. The number of nitrogens with zero attached hydrogens (tertiary/aromatic N) is 6. The molecule has 9 heteroatoms. The van der Waals surface area contributed by atoms with Crippen LogP contribution in [-0.4, -0.2) is 50.8 Å². The van der Waals surface area contributed by atoms with Gasteiger partial charge in [0.1, 0.15) is 6.33 Å². The number of anilines is 2. The van der Waals surface area contributed by atoms with Crippen molar-refractivity contribution >= 4 is 34.3 Å². The Bertz CT molecular complexity index is 810. The molecule has 3 aromatic heterocycles. The number of nitrogen functional groups attached to an aromatic ring is 1. The van der Waals surface area contributed by atoms with Crippen LogP contribution in [0.2, 0.25) is 0 Å². The second-order valence-electron chi connectivity index (χ2n) is 5.50. The minimum Gasteiger partial charge on any atom is -0.382 e. The first-order chi connectivity index (χ1) is 11.2. The minimum atomic E-state index is 0.358. The van der Waals surface area contributed by atoms with Crippen molar-refractivity contribution in [1.29, 1.82) is 0 Å². The predicted octanol–water partition coefficient (Wildman–Crippen LogP) is 1.47. The Morgan fingerprint density at radius 2 is 2.13 bits per heavy atom. The molecule has 2 N–H and O–H groups in total. The van der Waals surface area contributed by atoms with Crippen LogP contribution in [0.3, 0.4) is 0 Å². The average molecular weight is 331 g/mol. The van der Waals surface area contributed by atoms with Gasteiger partial charge >= 0.3 is 0 Å². The lowest BCUT2D eigenvalue weighted by Gasteiger charge is -2.31. The van der Waals surface area contributed by atoms with Crippen molar-refractivity contribution in [3.8, 4) is 5.82 Å². The minimum absolute atomic E-state index is 0.358. The molecule has 0 atom stereocenters. The van der Waals surface area contributed by atoms with Crippen molar-refractivity contribution < 1.29 is 4.74 Å². The lowest BCUT2D eigenvalue weighted by Crippen LogP contribution is -2.37. The van der Waals surface area contributed by atoms with Gasteiger partial charge in [-0.25, -0.2) is 9.97 Å². The number of imidazole rings is 1. The van der Waals surface area contributed by atoms with Gasteiger partial charge in [0, 0.05) is 31.7 Å². The fourth-order valence-electron chi connectivity index (χ4n) is 2.80. The van der Waals surface area contributed by atoms with Gasteiger partial charge in [-0.1, -0.05) is 0 Å². The Morgan fingerprint density at radius 1 is 1.30 bits per heavy atom. The molecule has 8 nitrogen and oxygen atoms in total. The van der Waals surface area contributed by atoms with Gasteiger partial charge in [-0.05, 0) is 12.8 Å². The number of rotatable bonds is 3. The molecule has 0 radical (unpaired) electrons. The van der Waals surface area contributed by atoms with Crippen molar-refractivity contribution in [2.24, 2.45) is 0 Å². The van der Waals surface area contributed by atoms with Crippen LogP contribution in [0, 0.1) is 0 Å². The zero-order valence-corrected chi connectivity index (χ0v) is 13.5. The summed E-state index contributed by atoms with van der Waals surface area (Å²) in [5, 5.41) is 1.95. The highest BCUT2D eigenvalue weighted by Gasteiger charge is 2.22. The van der Waals surface area contributed by atoms with E-state index in [0.29, 0.717) is 29.0 Å². The summed E-state index contributed by atoms with van der Waals surface area (Å²) in [6.07, 6.45) is 3.61. The molecule has 1 fully saturated rings. The molecule has 0 saturated carbocycles. The zero-order chi connectivity index (χ0) is 15.8. The van der Waals surface area contributed by atoms with Crippen molar-refractivity contribution in [3.63, 3.8) is 0 Å². The topological polar surface area (TPSA) is 95.0 Å². The first-order valence-corrected chi connectivity index (χ1v) is 8.38. The molecule has 0 aliphatic carbocycles. The SMILES string of the molecule is CN(c1nc(N)c2ncn(-c3cscn3)c2n1)C1CCOCC1. The van der Waals surface area contributed by atoms with E-state index >= 15 is 0 Å². The molecule has 0 aromatic carbocycles. The van der Waals surface area contributed by atoms with E-state index in [0.717, 1.165) is 31.9 Å². The number of hydrogen-bond acceptors (Lipinski definition) is 8. The van der Waals surface area contributed by atoms with E-state index in [-0.39, 0.29) is 0 Å². The molecule has 0 unspecified atom stereocenters. The summed E-state index contributed by atoms with van der Waals surface area (Å²) in [6.45, 7) is 1.53. The lowest BCUT2D eigenvalue weighted by atomic mass is 10.1. The van der Waals surface area contributed by atoms with Crippen molar-refractivity contribution in [2.45, 2.75) is 18.9 Å². The van der Waals surface area contributed by atoms with E-state index in [1.54, 1.807) is 11.8 Å². The van der Waals surface area contributed by atoms with Gasteiger partial charge in [0.15, 0.2) is 22.8 Å². The van der Waals surface area contributed by atoms with E-state index in [4.69, 9.17) is 10.5 Å². The van der Waals surface area contributed by atoms with Gasteiger partial charge in [-0.15, -0.1) is 11.3 Å². The Kier molecular flexibility index (Phi) is 3.58. The maximum Gasteiger partial charge on any atom is 0.229 e. The van der Waals surface area contributed by atoms with Gasteiger partial charge < -0.3 is 15.4 Å². The molecule has 23 heavy (non-hydrogen) atoms. The molecule has 0 bridgehead atoms. The summed E-state index contributed by atoms with van der Waals surface area (Å²) in [5.74, 6) is 1.78.